The van der Waals surface area contributed by atoms with E-state index in [1.165, 1.54) is 31.4 Å². The van der Waals surface area contributed by atoms with Gasteiger partial charge in [0.05, 0.1) is 12.7 Å². The van der Waals surface area contributed by atoms with Gasteiger partial charge >= 0.3 is 5.97 Å². The molecule has 5 nitrogen and oxygen atoms in total. The molecule has 2 aromatic rings. The Balaban J connectivity index is 1.84. The molecule has 0 aromatic heterocycles. The Labute approximate surface area is 132 Å². The molecule has 23 heavy (non-hydrogen) atoms. The van der Waals surface area contributed by atoms with E-state index in [0.717, 1.165) is 0 Å². The van der Waals surface area contributed by atoms with E-state index in [0.29, 0.717) is 11.5 Å². The second-order valence-corrected chi connectivity index (χ2v) is 4.50. The summed E-state index contributed by atoms with van der Waals surface area (Å²) in [7, 11) is 1.48. The zero-order valence-corrected chi connectivity index (χ0v) is 12.5. The van der Waals surface area contributed by atoms with Crippen LogP contribution in [0.4, 0.5) is 4.39 Å². The fourth-order valence-corrected chi connectivity index (χ4v) is 1.83. The van der Waals surface area contributed by atoms with Crippen LogP contribution in [0.15, 0.2) is 48.5 Å². The van der Waals surface area contributed by atoms with Gasteiger partial charge in [-0.2, -0.15) is 0 Å². The van der Waals surface area contributed by atoms with Crippen molar-refractivity contribution in [3.8, 4) is 11.5 Å². The lowest BCUT2D eigenvalue weighted by Gasteiger charge is -2.10. The fourth-order valence-electron chi connectivity index (χ4n) is 1.83. The summed E-state index contributed by atoms with van der Waals surface area (Å²) in [6.07, 6.45) is 0. The molecule has 6 heteroatoms. The third-order valence-corrected chi connectivity index (χ3v) is 2.95. The molecule has 0 spiro atoms. The Morgan fingerprint density at radius 3 is 2.30 bits per heavy atom. The maximum Gasteiger partial charge on any atom is 0.344 e. The number of ether oxygens (including phenoxy) is 3. The lowest BCUT2D eigenvalue weighted by atomic mass is 10.1. The van der Waals surface area contributed by atoms with Crippen LogP contribution in [0.3, 0.4) is 0 Å². The SMILES string of the molecule is COc1ccccc1OCC(=O)OCC(=O)c1ccccc1F. The van der Waals surface area contributed by atoms with E-state index in [9.17, 15) is 14.0 Å². The molecule has 0 aliphatic heterocycles. The molecule has 0 radical (unpaired) electrons. The van der Waals surface area contributed by atoms with Gasteiger partial charge in [-0.25, -0.2) is 9.18 Å². The third kappa shape index (κ3) is 4.54. The third-order valence-electron chi connectivity index (χ3n) is 2.95. The summed E-state index contributed by atoms with van der Waals surface area (Å²) in [6.45, 7) is -0.931. The summed E-state index contributed by atoms with van der Waals surface area (Å²) in [5.41, 5.74) is -0.119. The Hall–Kier alpha value is -2.89. The summed E-state index contributed by atoms with van der Waals surface area (Å²) in [4.78, 5) is 23.4. The van der Waals surface area contributed by atoms with E-state index >= 15 is 0 Å². The zero-order chi connectivity index (χ0) is 16.7. The molecule has 2 aromatic carbocycles. The highest BCUT2D eigenvalue weighted by Gasteiger charge is 2.14. The molecule has 0 heterocycles. The van der Waals surface area contributed by atoms with E-state index in [2.05, 4.69) is 0 Å². The lowest BCUT2D eigenvalue weighted by Crippen LogP contribution is -2.20. The van der Waals surface area contributed by atoms with Crippen LogP contribution in [-0.2, 0) is 9.53 Å². The molecule has 0 atom stereocenters. The first-order valence-corrected chi connectivity index (χ1v) is 6.81. The average Bonchev–Trinajstić information content (AvgIpc) is 2.58. The normalized spacial score (nSPS) is 10.0. The van der Waals surface area contributed by atoms with Gasteiger partial charge in [0.2, 0.25) is 5.78 Å². The highest BCUT2D eigenvalue weighted by atomic mass is 19.1. The summed E-state index contributed by atoms with van der Waals surface area (Å²) >= 11 is 0. The molecule has 0 aliphatic rings. The van der Waals surface area contributed by atoms with Crippen molar-refractivity contribution in [1.82, 2.24) is 0 Å². The lowest BCUT2D eigenvalue weighted by molar-refractivity contribution is -0.144. The van der Waals surface area contributed by atoms with E-state index < -0.39 is 24.2 Å². The van der Waals surface area contributed by atoms with Gasteiger partial charge in [-0.05, 0) is 24.3 Å². The van der Waals surface area contributed by atoms with E-state index in [1.807, 2.05) is 0 Å². The number of benzene rings is 2. The van der Waals surface area contributed by atoms with E-state index in [-0.39, 0.29) is 12.2 Å². The molecule has 0 N–H and O–H groups in total. The zero-order valence-electron chi connectivity index (χ0n) is 12.5. The summed E-state index contributed by atoms with van der Waals surface area (Å²) in [5.74, 6) is -1.15. The number of Topliss-reactive ketones (excluding diaryl/α,β-unsaturated/α-hetero) is 1. The first-order chi connectivity index (χ1) is 11.1. The molecule has 0 bridgehead atoms. The smallest absolute Gasteiger partial charge is 0.344 e. The van der Waals surface area contributed by atoms with Gasteiger partial charge in [0.1, 0.15) is 5.82 Å². The predicted octanol–water partition coefficient (Wildman–Crippen LogP) is 2.64. The number of esters is 1. The van der Waals surface area contributed by atoms with Gasteiger partial charge in [0, 0.05) is 0 Å². The van der Waals surface area contributed by atoms with E-state index in [4.69, 9.17) is 14.2 Å². The summed E-state index contributed by atoms with van der Waals surface area (Å²) in [5, 5.41) is 0. The molecular formula is C17H15FO5. The molecule has 0 fully saturated rings. The maximum atomic E-state index is 13.4. The van der Waals surface area contributed by atoms with Gasteiger partial charge in [0.15, 0.2) is 24.7 Å². The molecule has 0 aliphatic carbocycles. The number of hydrogen-bond acceptors (Lipinski definition) is 5. The molecule has 2 rings (SSSR count). The molecule has 0 saturated carbocycles. The van der Waals surface area contributed by atoms with Gasteiger partial charge in [-0.15, -0.1) is 0 Å². The first kappa shape index (κ1) is 16.5. The highest BCUT2D eigenvalue weighted by Crippen LogP contribution is 2.25. The molecule has 0 unspecified atom stereocenters. The molecule has 120 valence electrons. The standard InChI is InChI=1S/C17H15FO5/c1-21-15-8-4-5-9-16(15)22-11-17(20)23-10-14(19)12-6-2-3-7-13(12)18/h2-9H,10-11H2,1H3. The highest BCUT2D eigenvalue weighted by molar-refractivity contribution is 5.98. The van der Waals surface area contributed by atoms with Crippen molar-refractivity contribution < 1.29 is 28.2 Å². The topological polar surface area (TPSA) is 61.8 Å². The number of carbonyl (C=O) groups is 2. The van der Waals surface area contributed by atoms with Crippen molar-refractivity contribution >= 4 is 11.8 Å². The van der Waals surface area contributed by atoms with Crippen LogP contribution in [0.25, 0.3) is 0 Å². The van der Waals surface area contributed by atoms with Crippen LogP contribution in [-0.4, -0.2) is 32.1 Å². The van der Waals surface area contributed by atoms with Crippen molar-refractivity contribution in [2.24, 2.45) is 0 Å². The number of hydrogen-bond donors (Lipinski definition) is 0. The monoisotopic (exact) mass is 318 g/mol. The number of para-hydroxylation sites is 2. The van der Waals surface area contributed by atoms with Crippen molar-refractivity contribution in [2.45, 2.75) is 0 Å². The molecule has 0 saturated heterocycles. The van der Waals surface area contributed by atoms with Crippen LogP contribution >= 0.6 is 0 Å². The Morgan fingerprint density at radius 2 is 1.61 bits per heavy atom. The van der Waals surface area contributed by atoms with Crippen LogP contribution in [0.2, 0.25) is 0 Å². The minimum atomic E-state index is -0.736. The van der Waals surface area contributed by atoms with Crippen LogP contribution in [0, 0.1) is 5.82 Å². The van der Waals surface area contributed by atoms with Gasteiger partial charge in [-0.3, -0.25) is 4.79 Å². The summed E-state index contributed by atoms with van der Waals surface area (Å²) < 4.78 is 28.5. The second-order valence-electron chi connectivity index (χ2n) is 4.50. The largest absolute Gasteiger partial charge is 0.493 e. The minimum absolute atomic E-state index is 0.119. The van der Waals surface area contributed by atoms with Gasteiger partial charge < -0.3 is 14.2 Å². The van der Waals surface area contributed by atoms with Crippen molar-refractivity contribution in [3.63, 3.8) is 0 Å². The van der Waals surface area contributed by atoms with Crippen molar-refractivity contribution in [1.29, 1.82) is 0 Å². The number of halogens is 1. The number of carbonyl (C=O) groups excluding carboxylic acids is 2. The second kappa shape index (κ2) is 7.93. The number of ketones is 1. The van der Waals surface area contributed by atoms with Crippen molar-refractivity contribution in [2.75, 3.05) is 20.3 Å². The van der Waals surface area contributed by atoms with Gasteiger partial charge in [-0.1, -0.05) is 24.3 Å². The van der Waals surface area contributed by atoms with Crippen LogP contribution < -0.4 is 9.47 Å². The Morgan fingerprint density at radius 1 is 0.957 bits per heavy atom. The minimum Gasteiger partial charge on any atom is -0.493 e. The van der Waals surface area contributed by atoms with Crippen LogP contribution in [0.1, 0.15) is 10.4 Å². The van der Waals surface area contributed by atoms with Crippen molar-refractivity contribution in [3.05, 3.63) is 59.9 Å². The Kier molecular flexibility index (Phi) is 5.68. The van der Waals surface area contributed by atoms with E-state index in [1.54, 1.807) is 24.3 Å². The first-order valence-electron chi connectivity index (χ1n) is 6.81. The summed E-state index contributed by atoms with van der Waals surface area (Å²) in [6, 6.07) is 12.3. The number of methoxy groups -OCH3 is 1. The fraction of sp³-hybridized carbons (Fsp3) is 0.176. The predicted molar refractivity (Wildman–Crippen MR) is 80.2 cm³/mol. The molecule has 0 amide bonds. The molecular weight excluding hydrogens is 303 g/mol. The van der Waals surface area contributed by atoms with Crippen LogP contribution in [0.5, 0.6) is 11.5 Å². The maximum absolute atomic E-state index is 13.4. The Bertz CT molecular complexity index is 699. The average molecular weight is 318 g/mol. The van der Waals surface area contributed by atoms with Gasteiger partial charge in [0.25, 0.3) is 0 Å². The quantitative estimate of drug-likeness (QED) is 0.580. The number of rotatable bonds is 7.